The highest BCUT2D eigenvalue weighted by molar-refractivity contribution is 5.88. The van der Waals surface area contributed by atoms with Gasteiger partial charge in [0.1, 0.15) is 5.56 Å². The number of aromatic carboxylic acids is 1. The average molecular weight is 210 g/mol. The second kappa shape index (κ2) is 3.84. The Morgan fingerprint density at radius 1 is 1.47 bits per heavy atom. The van der Waals surface area contributed by atoms with Gasteiger partial charge in [0.25, 0.3) is 0 Å². The number of aromatic nitrogens is 1. The minimum atomic E-state index is -1.25. The first-order valence-corrected chi connectivity index (χ1v) is 4.83. The maximum atomic E-state index is 13.7. The molecule has 0 aliphatic carbocycles. The largest absolute Gasteiger partial charge is 0.478 e. The third-order valence-corrected chi connectivity index (χ3v) is 2.51. The van der Waals surface area contributed by atoms with Crippen LogP contribution in [0.5, 0.6) is 0 Å². The van der Waals surface area contributed by atoms with Gasteiger partial charge in [0.05, 0.1) is 0 Å². The Bertz CT molecular complexity index is 389. The fraction of sp³-hybridized carbons (Fsp3) is 0.400. The molecule has 0 bridgehead atoms. The number of anilines is 1. The van der Waals surface area contributed by atoms with E-state index in [4.69, 9.17) is 5.11 Å². The molecule has 2 heterocycles. The van der Waals surface area contributed by atoms with Crippen LogP contribution in [0.4, 0.5) is 10.2 Å². The first-order valence-electron chi connectivity index (χ1n) is 4.83. The molecule has 1 saturated heterocycles. The SMILES string of the molecule is O=C(O)c1ccnc(N2CCCC2)c1F. The van der Waals surface area contributed by atoms with Gasteiger partial charge in [-0.1, -0.05) is 0 Å². The van der Waals surface area contributed by atoms with Gasteiger partial charge >= 0.3 is 5.97 Å². The van der Waals surface area contributed by atoms with Crippen LogP contribution in [0.2, 0.25) is 0 Å². The van der Waals surface area contributed by atoms with Crippen LogP contribution in [0.15, 0.2) is 12.3 Å². The van der Waals surface area contributed by atoms with Gasteiger partial charge in [0.15, 0.2) is 11.6 Å². The Morgan fingerprint density at radius 3 is 2.73 bits per heavy atom. The number of pyridine rings is 1. The maximum Gasteiger partial charge on any atom is 0.338 e. The second-order valence-corrected chi connectivity index (χ2v) is 3.50. The minimum Gasteiger partial charge on any atom is -0.478 e. The molecular weight excluding hydrogens is 199 g/mol. The first-order chi connectivity index (χ1) is 7.20. The van der Waals surface area contributed by atoms with Gasteiger partial charge in [-0.05, 0) is 18.9 Å². The molecular formula is C10H11FN2O2. The number of hydrogen-bond acceptors (Lipinski definition) is 3. The lowest BCUT2D eigenvalue weighted by Gasteiger charge is -2.17. The number of nitrogens with zero attached hydrogens (tertiary/aromatic N) is 2. The highest BCUT2D eigenvalue weighted by Gasteiger charge is 2.21. The third-order valence-electron chi connectivity index (χ3n) is 2.51. The predicted octanol–water partition coefficient (Wildman–Crippen LogP) is 1.52. The van der Waals surface area contributed by atoms with E-state index < -0.39 is 11.8 Å². The van der Waals surface area contributed by atoms with Crippen molar-refractivity contribution in [1.82, 2.24) is 4.98 Å². The number of halogens is 1. The number of hydrogen-bond donors (Lipinski definition) is 1. The summed E-state index contributed by atoms with van der Waals surface area (Å²) in [7, 11) is 0. The van der Waals surface area contributed by atoms with Crippen molar-refractivity contribution in [2.24, 2.45) is 0 Å². The monoisotopic (exact) mass is 210 g/mol. The standard InChI is InChI=1S/C10H11FN2O2/c11-8-7(10(14)15)3-4-12-9(8)13-5-1-2-6-13/h3-4H,1-2,5-6H2,(H,14,15). The van der Waals surface area contributed by atoms with Crippen LogP contribution in [0.1, 0.15) is 23.2 Å². The molecule has 80 valence electrons. The molecule has 0 aromatic carbocycles. The fourth-order valence-electron chi connectivity index (χ4n) is 1.75. The van der Waals surface area contributed by atoms with Crippen LogP contribution < -0.4 is 4.90 Å². The molecule has 0 amide bonds. The van der Waals surface area contributed by atoms with E-state index in [9.17, 15) is 9.18 Å². The van der Waals surface area contributed by atoms with Gasteiger partial charge in [0, 0.05) is 19.3 Å². The minimum absolute atomic E-state index is 0.160. The molecule has 4 nitrogen and oxygen atoms in total. The number of rotatable bonds is 2. The Labute approximate surface area is 86.4 Å². The van der Waals surface area contributed by atoms with Crippen LogP contribution in [0.25, 0.3) is 0 Å². The lowest BCUT2D eigenvalue weighted by atomic mass is 10.2. The Kier molecular flexibility index (Phi) is 2.53. The van der Waals surface area contributed by atoms with Gasteiger partial charge < -0.3 is 10.0 Å². The van der Waals surface area contributed by atoms with Crippen LogP contribution >= 0.6 is 0 Å². The quantitative estimate of drug-likeness (QED) is 0.804. The predicted molar refractivity (Wildman–Crippen MR) is 52.6 cm³/mol. The number of carboxylic acids is 1. The molecule has 1 N–H and O–H groups in total. The Balaban J connectivity index is 2.39. The summed E-state index contributed by atoms with van der Waals surface area (Å²) in [5, 5.41) is 8.75. The normalized spacial score (nSPS) is 15.7. The summed E-state index contributed by atoms with van der Waals surface area (Å²) < 4.78 is 13.7. The highest BCUT2D eigenvalue weighted by Crippen LogP contribution is 2.23. The molecule has 15 heavy (non-hydrogen) atoms. The van der Waals surface area contributed by atoms with Crippen LogP contribution in [0, 0.1) is 5.82 Å². The first kappa shape index (κ1) is 9.89. The lowest BCUT2D eigenvalue weighted by Crippen LogP contribution is -2.21. The Hall–Kier alpha value is -1.65. The molecule has 1 aliphatic heterocycles. The van der Waals surface area contributed by atoms with Crippen molar-refractivity contribution in [2.75, 3.05) is 18.0 Å². The summed E-state index contributed by atoms with van der Waals surface area (Å²) in [5.41, 5.74) is -0.313. The van der Waals surface area contributed by atoms with E-state index in [1.165, 1.54) is 12.3 Å². The van der Waals surface area contributed by atoms with Crippen LogP contribution in [-0.2, 0) is 0 Å². The van der Waals surface area contributed by atoms with Crippen molar-refractivity contribution in [3.05, 3.63) is 23.6 Å². The molecule has 0 spiro atoms. The molecule has 1 fully saturated rings. The molecule has 5 heteroatoms. The zero-order valence-corrected chi connectivity index (χ0v) is 8.11. The molecule has 2 rings (SSSR count). The molecule has 1 aromatic rings. The van der Waals surface area contributed by atoms with E-state index >= 15 is 0 Å². The Morgan fingerprint density at radius 2 is 2.13 bits per heavy atom. The molecule has 1 aliphatic rings. The summed E-state index contributed by atoms with van der Waals surface area (Å²) in [6.45, 7) is 1.49. The van der Waals surface area contributed by atoms with E-state index in [0.29, 0.717) is 0 Å². The van der Waals surface area contributed by atoms with Crippen LogP contribution in [0.3, 0.4) is 0 Å². The fourth-order valence-corrected chi connectivity index (χ4v) is 1.75. The van der Waals surface area contributed by atoms with Crippen molar-refractivity contribution < 1.29 is 14.3 Å². The molecule has 0 saturated carbocycles. The molecule has 0 radical (unpaired) electrons. The van der Waals surface area contributed by atoms with Gasteiger partial charge in [-0.2, -0.15) is 0 Å². The molecule has 0 atom stereocenters. The number of carboxylic acid groups (broad SMARTS) is 1. The summed E-state index contributed by atoms with van der Waals surface area (Å²) in [6, 6.07) is 1.18. The van der Waals surface area contributed by atoms with Crippen molar-refractivity contribution >= 4 is 11.8 Å². The van der Waals surface area contributed by atoms with Gasteiger partial charge in [-0.25, -0.2) is 14.2 Å². The summed E-state index contributed by atoms with van der Waals surface area (Å²) >= 11 is 0. The van der Waals surface area contributed by atoms with E-state index in [-0.39, 0.29) is 11.4 Å². The second-order valence-electron chi connectivity index (χ2n) is 3.50. The van der Waals surface area contributed by atoms with Crippen molar-refractivity contribution in [2.45, 2.75) is 12.8 Å². The topological polar surface area (TPSA) is 53.4 Å². The van der Waals surface area contributed by atoms with Crippen molar-refractivity contribution in [3.8, 4) is 0 Å². The maximum absolute atomic E-state index is 13.7. The van der Waals surface area contributed by atoms with E-state index in [1.807, 2.05) is 0 Å². The summed E-state index contributed by atoms with van der Waals surface area (Å²) in [6.07, 6.45) is 3.33. The third kappa shape index (κ3) is 1.77. The van der Waals surface area contributed by atoms with Gasteiger partial charge in [0.2, 0.25) is 0 Å². The molecule has 0 unspecified atom stereocenters. The van der Waals surface area contributed by atoms with E-state index in [0.717, 1.165) is 25.9 Å². The number of carbonyl (C=O) groups is 1. The van der Waals surface area contributed by atoms with Gasteiger partial charge in [-0.15, -0.1) is 0 Å². The van der Waals surface area contributed by atoms with Crippen molar-refractivity contribution in [3.63, 3.8) is 0 Å². The smallest absolute Gasteiger partial charge is 0.338 e. The summed E-state index contributed by atoms with van der Waals surface area (Å²) in [5.74, 6) is -1.82. The van der Waals surface area contributed by atoms with Crippen LogP contribution in [-0.4, -0.2) is 29.1 Å². The zero-order chi connectivity index (χ0) is 10.8. The highest BCUT2D eigenvalue weighted by atomic mass is 19.1. The van der Waals surface area contributed by atoms with Gasteiger partial charge in [-0.3, -0.25) is 0 Å². The lowest BCUT2D eigenvalue weighted by molar-refractivity contribution is 0.0692. The zero-order valence-electron chi connectivity index (χ0n) is 8.11. The van der Waals surface area contributed by atoms with E-state index in [1.54, 1.807) is 4.90 Å². The van der Waals surface area contributed by atoms with E-state index in [2.05, 4.69) is 4.98 Å². The summed E-state index contributed by atoms with van der Waals surface area (Å²) in [4.78, 5) is 16.4. The average Bonchev–Trinajstić information content (AvgIpc) is 2.70. The van der Waals surface area contributed by atoms with Crippen molar-refractivity contribution in [1.29, 1.82) is 0 Å². The molecule has 1 aromatic heterocycles.